The smallest absolute Gasteiger partial charge is 0.0977 e. The molecule has 0 bridgehead atoms. The lowest BCUT2D eigenvalue weighted by Gasteiger charge is -2.03. The number of imidazole rings is 1. The Labute approximate surface area is 153 Å². The third-order valence-electron chi connectivity index (χ3n) is 3.84. The van der Waals surface area contributed by atoms with Crippen LogP contribution in [0.4, 0.5) is 0 Å². The van der Waals surface area contributed by atoms with Gasteiger partial charge in [0.1, 0.15) is 0 Å². The minimum absolute atomic E-state index is 0.744. The first-order valence-corrected chi connectivity index (χ1v) is 8.73. The molecular formula is C19H15IN4. The average Bonchev–Trinajstić information content (AvgIpc) is 3.27. The Hall–Kier alpha value is -2.41. The summed E-state index contributed by atoms with van der Waals surface area (Å²) >= 11 is 2.32. The van der Waals surface area contributed by atoms with Gasteiger partial charge in [-0.3, -0.25) is 0 Å². The molecule has 4 nitrogen and oxygen atoms in total. The maximum Gasteiger partial charge on any atom is 0.0977 e. The fourth-order valence-electron chi connectivity index (χ4n) is 2.67. The van der Waals surface area contributed by atoms with E-state index in [4.69, 9.17) is 5.10 Å². The van der Waals surface area contributed by atoms with E-state index < -0.39 is 0 Å². The van der Waals surface area contributed by atoms with Crippen molar-refractivity contribution in [2.24, 2.45) is 0 Å². The molecule has 4 aromatic rings. The molecule has 0 aliphatic heterocycles. The molecule has 0 spiro atoms. The van der Waals surface area contributed by atoms with Crippen molar-refractivity contribution in [3.8, 4) is 16.9 Å². The highest BCUT2D eigenvalue weighted by atomic mass is 127. The molecule has 0 aliphatic carbocycles. The third kappa shape index (κ3) is 3.12. The highest BCUT2D eigenvalue weighted by Gasteiger charge is 2.12. The third-order valence-corrected chi connectivity index (χ3v) is 4.56. The summed E-state index contributed by atoms with van der Waals surface area (Å²) in [5, 5.41) is 4.84. The van der Waals surface area contributed by atoms with Gasteiger partial charge < -0.3 is 4.57 Å². The van der Waals surface area contributed by atoms with E-state index in [1.807, 2.05) is 35.4 Å². The number of rotatable bonds is 4. The first kappa shape index (κ1) is 15.1. The standard InChI is InChI=1S/C19H15IN4/c20-17-8-6-15(7-9-17)19-16(12-23-11-10-21-14-23)13-24(22-19)18-4-2-1-3-5-18/h1-11,13-14H,12H2. The monoisotopic (exact) mass is 426 g/mol. The zero-order valence-corrected chi connectivity index (χ0v) is 15.0. The molecule has 5 heteroatoms. The van der Waals surface area contributed by atoms with Gasteiger partial charge in [-0.1, -0.05) is 30.3 Å². The van der Waals surface area contributed by atoms with Crippen molar-refractivity contribution < 1.29 is 0 Å². The van der Waals surface area contributed by atoms with Crippen LogP contribution in [0.1, 0.15) is 5.56 Å². The van der Waals surface area contributed by atoms with Gasteiger partial charge in [0.05, 0.1) is 24.3 Å². The van der Waals surface area contributed by atoms with E-state index in [-0.39, 0.29) is 0 Å². The van der Waals surface area contributed by atoms with Gasteiger partial charge in [-0.2, -0.15) is 5.10 Å². The number of benzene rings is 2. The van der Waals surface area contributed by atoms with Crippen LogP contribution < -0.4 is 0 Å². The molecule has 118 valence electrons. The molecule has 0 amide bonds. The molecule has 2 heterocycles. The molecule has 0 atom stereocenters. The van der Waals surface area contributed by atoms with Crippen LogP contribution in [0.5, 0.6) is 0 Å². The van der Waals surface area contributed by atoms with Crippen molar-refractivity contribution in [3.63, 3.8) is 0 Å². The highest BCUT2D eigenvalue weighted by molar-refractivity contribution is 14.1. The molecule has 2 aromatic heterocycles. The van der Waals surface area contributed by atoms with Crippen molar-refractivity contribution in [3.05, 3.63) is 88.6 Å². The zero-order valence-electron chi connectivity index (χ0n) is 12.9. The van der Waals surface area contributed by atoms with Gasteiger partial charge >= 0.3 is 0 Å². The molecule has 0 aliphatic rings. The molecule has 0 radical (unpaired) electrons. The van der Waals surface area contributed by atoms with E-state index in [0.717, 1.165) is 29.1 Å². The molecule has 0 unspecified atom stereocenters. The summed E-state index contributed by atoms with van der Waals surface area (Å²) in [5.41, 5.74) is 4.35. The van der Waals surface area contributed by atoms with Crippen LogP contribution in [-0.4, -0.2) is 19.3 Å². The van der Waals surface area contributed by atoms with Crippen LogP contribution >= 0.6 is 22.6 Å². The summed E-state index contributed by atoms with van der Waals surface area (Å²) in [6.45, 7) is 0.744. The summed E-state index contributed by atoms with van der Waals surface area (Å²) in [5.74, 6) is 0. The van der Waals surface area contributed by atoms with Crippen molar-refractivity contribution >= 4 is 22.6 Å². The van der Waals surface area contributed by atoms with Gasteiger partial charge in [-0.25, -0.2) is 9.67 Å². The minimum Gasteiger partial charge on any atom is -0.333 e. The van der Waals surface area contributed by atoms with Gasteiger partial charge in [0.2, 0.25) is 0 Å². The number of nitrogens with zero attached hydrogens (tertiary/aromatic N) is 4. The molecule has 2 aromatic carbocycles. The number of para-hydroxylation sites is 1. The normalized spacial score (nSPS) is 10.9. The summed E-state index contributed by atoms with van der Waals surface area (Å²) in [4.78, 5) is 4.13. The van der Waals surface area contributed by atoms with Crippen molar-refractivity contribution in [2.75, 3.05) is 0 Å². The first-order valence-electron chi connectivity index (χ1n) is 7.65. The predicted molar refractivity (Wildman–Crippen MR) is 103 cm³/mol. The van der Waals surface area contributed by atoms with Crippen LogP contribution in [0.15, 0.2) is 79.5 Å². The second-order valence-corrected chi connectivity index (χ2v) is 6.77. The van der Waals surface area contributed by atoms with Crippen molar-refractivity contribution in [2.45, 2.75) is 6.54 Å². The zero-order chi connectivity index (χ0) is 16.4. The maximum absolute atomic E-state index is 4.84. The maximum atomic E-state index is 4.84. The quantitative estimate of drug-likeness (QED) is 0.454. The fraction of sp³-hybridized carbons (Fsp3) is 0.0526. The number of hydrogen-bond acceptors (Lipinski definition) is 2. The van der Waals surface area contributed by atoms with Gasteiger partial charge in [-0.05, 0) is 46.9 Å². The van der Waals surface area contributed by atoms with E-state index in [2.05, 4.69) is 74.7 Å². The minimum atomic E-state index is 0.744. The number of halogens is 1. The van der Waals surface area contributed by atoms with E-state index in [1.165, 1.54) is 3.57 Å². The molecule has 0 N–H and O–H groups in total. The van der Waals surface area contributed by atoms with Gasteiger partial charge in [0.25, 0.3) is 0 Å². The summed E-state index contributed by atoms with van der Waals surface area (Å²) in [6.07, 6.45) is 7.70. The van der Waals surface area contributed by atoms with E-state index in [9.17, 15) is 0 Å². The van der Waals surface area contributed by atoms with Gasteiger partial charge in [-0.15, -0.1) is 0 Å². The second-order valence-electron chi connectivity index (χ2n) is 5.52. The van der Waals surface area contributed by atoms with Crippen LogP contribution in [0.2, 0.25) is 0 Å². The lowest BCUT2D eigenvalue weighted by molar-refractivity contribution is 0.797. The fourth-order valence-corrected chi connectivity index (χ4v) is 3.03. The Kier molecular flexibility index (Phi) is 4.17. The van der Waals surface area contributed by atoms with E-state index in [0.29, 0.717) is 0 Å². The molecule has 24 heavy (non-hydrogen) atoms. The molecule has 0 saturated carbocycles. The average molecular weight is 426 g/mol. The Morgan fingerprint density at radius 3 is 2.46 bits per heavy atom. The molecule has 0 fully saturated rings. The van der Waals surface area contributed by atoms with Crippen LogP contribution in [0.3, 0.4) is 0 Å². The predicted octanol–water partition coefficient (Wildman–Crippen LogP) is 4.39. The lowest BCUT2D eigenvalue weighted by Crippen LogP contribution is -1.97. The Morgan fingerprint density at radius 1 is 0.958 bits per heavy atom. The Balaban J connectivity index is 1.80. The van der Waals surface area contributed by atoms with Gasteiger partial charge in [0.15, 0.2) is 0 Å². The van der Waals surface area contributed by atoms with Crippen LogP contribution in [-0.2, 0) is 6.54 Å². The molecule has 4 rings (SSSR count). The Bertz CT molecular complexity index is 925. The Morgan fingerprint density at radius 2 is 1.75 bits per heavy atom. The SMILES string of the molecule is Ic1ccc(-c2nn(-c3ccccc3)cc2Cn2ccnc2)cc1. The van der Waals surface area contributed by atoms with Gasteiger partial charge in [0, 0.05) is 33.3 Å². The number of hydrogen-bond donors (Lipinski definition) is 0. The van der Waals surface area contributed by atoms with E-state index in [1.54, 1.807) is 6.20 Å². The lowest BCUT2D eigenvalue weighted by atomic mass is 10.1. The number of aromatic nitrogens is 4. The van der Waals surface area contributed by atoms with Crippen molar-refractivity contribution in [1.82, 2.24) is 19.3 Å². The first-order chi connectivity index (χ1) is 11.8. The summed E-state index contributed by atoms with van der Waals surface area (Å²) < 4.78 is 5.22. The van der Waals surface area contributed by atoms with Crippen LogP contribution in [0.25, 0.3) is 16.9 Å². The van der Waals surface area contributed by atoms with E-state index >= 15 is 0 Å². The summed E-state index contributed by atoms with van der Waals surface area (Å²) in [7, 11) is 0. The highest BCUT2D eigenvalue weighted by Crippen LogP contribution is 2.25. The van der Waals surface area contributed by atoms with Crippen LogP contribution in [0, 0.1) is 3.57 Å². The molecule has 0 saturated heterocycles. The topological polar surface area (TPSA) is 35.6 Å². The van der Waals surface area contributed by atoms with Crippen molar-refractivity contribution in [1.29, 1.82) is 0 Å². The second kappa shape index (κ2) is 6.60. The summed E-state index contributed by atoms with van der Waals surface area (Å²) in [6, 6.07) is 18.6. The largest absolute Gasteiger partial charge is 0.333 e. The molecular weight excluding hydrogens is 411 g/mol.